The molecule has 0 spiro atoms. The standard InChI is InChI=1S/C28H24N6OS/c1-2-4-20(5-3-1)35-21-10-18(13-29-15-21)19-11-23-27(33-34-28(23)31-14-19)25-12-22-24(32-25)6-8-30-26(22)17-7-9-36-16-17/h6-16,20,32H,1-5H2,(H,31,33,34). The summed E-state index contributed by atoms with van der Waals surface area (Å²) in [5, 5.41) is 13.9. The quantitative estimate of drug-likeness (QED) is 0.270. The Hall–Kier alpha value is -4.04. The molecule has 0 radical (unpaired) electrons. The first-order valence-electron chi connectivity index (χ1n) is 12.3. The Morgan fingerprint density at radius 1 is 0.889 bits per heavy atom. The molecule has 7 nitrogen and oxygen atoms in total. The second-order valence-electron chi connectivity index (χ2n) is 9.30. The van der Waals surface area contributed by atoms with E-state index in [-0.39, 0.29) is 6.10 Å². The Balaban J connectivity index is 1.26. The number of nitrogens with one attached hydrogen (secondary N) is 2. The van der Waals surface area contributed by atoms with Crippen molar-refractivity contribution < 1.29 is 4.74 Å². The Bertz CT molecular complexity index is 1660. The van der Waals surface area contributed by atoms with Crippen molar-refractivity contribution >= 4 is 33.3 Å². The molecule has 1 aliphatic rings. The van der Waals surface area contributed by atoms with E-state index >= 15 is 0 Å². The van der Waals surface area contributed by atoms with Crippen LogP contribution in [0.1, 0.15) is 32.1 Å². The molecule has 1 aliphatic carbocycles. The molecule has 0 atom stereocenters. The predicted molar refractivity (Wildman–Crippen MR) is 143 cm³/mol. The highest BCUT2D eigenvalue weighted by atomic mass is 32.1. The van der Waals surface area contributed by atoms with Crippen molar-refractivity contribution in [1.29, 1.82) is 0 Å². The number of pyridine rings is 3. The Labute approximate surface area is 211 Å². The molecule has 0 unspecified atom stereocenters. The first kappa shape index (κ1) is 21.3. The summed E-state index contributed by atoms with van der Waals surface area (Å²) in [6.45, 7) is 0. The Kier molecular flexibility index (Phi) is 5.24. The lowest BCUT2D eigenvalue weighted by molar-refractivity contribution is 0.154. The average molecular weight is 493 g/mol. The summed E-state index contributed by atoms with van der Waals surface area (Å²) in [4.78, 5) is 17.3. The van der Waals surface area contributed by atoms with E-state index < -0.39 is 0 Å². The maximum atomic E-state index is 6.25. The van der Waals surface area contributed by atoms with E-state index in [4.69, 9.17) is 4.74 Å². The zero-order valence-electron chi connectivity index (χ0n) is 19.6. The fraction of sp³-hybridized carbons (Fsp3) is 0.214. The normalized spacial score (nSPS) is 14.6. The van der Waals surface area contributed by atoms with Gasteiger partial charge >= 0.3 is 0 Å². The summed E-state index contributed by atoms with van der Waals surface area (Å²) in [7, 11) is 0. The average Bonchev–Trinajstić information content (AvgIpc) is 3.68. The Morgan fingerprint density at radius 3 is 2.69 bits per heavy atom. The summed E-state index contributed by atoms with van der Waals surface area (Å²) >= 11 is 1.67. The molecule has 36 heavy (non-hydrogen) atoms. The van der Waals surface area contributed by atoms with E-state index in [1.165, 1.54) is 19.3 Å². The molecule has 6 aromatic rings. The van der Waals surface area contributed by atoms with Crippen LogP contribution in [0.2, 0.25) is 0 Å². The van der Waals surface area contributed by atoms with Crippen LogP contribution in [-0.2, 0) is 0 Å². The van der Waals surface area contributed by atoms with Crippen LogP contribution >= 0.6 is 11.3 Å². The van der Waals surface area contributed by atoms with E-state index in [1.807, 2.05) is 24.7 Å². The van der Waals surface area contributed by atoms with Gasteiger partial charge in [0.25, 0.3) is 0 Å². The van der Waals surface area contributed by atoms with E-state index in [0.717, 1.165) is 68.7 Å². The van der Waals surface area contributed by atoms with Crippen LogP contribution in [0.25, 0.3) is 55.7 Å². The van der Waals surface area contributed by atoms with Crippen molar-refractivity contribution in [2.45, 2.75) is 38.2 Å². The van der Waals surface area contributed by atoms with Gasteiger partial charge < -0.3 is 9.72 Å². The SMILES string of the molecule is c1cc2[nH]c(-c3[nH]nc4ncc(-c5cncc(OC6CCCCC6)c5)cc34)cc2c(-c2ccsc2)n1. The summed E-state index contributed by atoms with van der Waals surface area (Å²) in [5.41, 5.74) is 7.60. The minimum absolute atomic E-state index is 0.285. The van der Waals surface area contributed by atoms with Gasteiger partial charge in [-0.05, 0) is 61.4 Å². The van der Waals surface area contributed by atoms with Gasteiger partial charge in [-0.3, -0.25) is 15.1 Å². The molecule has 7 rings (SSSR count). The zero-order chi connectivity index (χ0) is 23.9. The molecule has 0 aromatic carbocycles. The van der Waals surface area contributed by atoms with Gasteiger partial charge in [-0.25, -0.2) is 4.98 Å². The van der Waals surface area contributed by atoms with Crippen molar-refractivity contribution in [3.05, 3.63) is 65.9 Å². The number of nitrogens with zero attached hydrogens (tertiary/aromatic N) is 4. The monoisotopic (exact) mass is 492 g/mol. The number of rotatable bonds is 5. The zero-order valence-corrected chi connectivity index (χ0v) is 20.4. The van der Waals surface area contributed by atoms with Crippen LogP contribution in [0.4, 0.5) is 0 Å². The molecule has 0 bridgehead atoms. The van der Waals surface area contributed by atoms with Gasteiger partial charge in [-0.2, -0.15) is 16.4 Å². The lowest BCUT2D eigenvalue weighted by atomic mass is 9.98. The van der Waals surface area contributed by atoms with Gasteiger partial charge in [0.15, 0.2) is 5.65 Å². The number of thiophene rings is 1. The van der Waals surface area contributed by atoms with Crippen LogP contribution in [-0.4, -0.2) is 36.2 Å². The third kappa shape index (κ3) is 3.83. The number of fused-ring (bicyclic) bond motifs is 2. The molecule has 1 fully saturated rings. The molecule has 8 heteroatoms. The van der Waals surface area contributed by atoms with Crippen LogP contribution in [0.15, 0.2) is 65.9 Å². The van der Waals surface area contributed by atoms with Gasteiger partial charge in [0.05, 0.1) is 29.4 Å². The number of aromatic amines is 2. The Morgan fingerprint density at radius 2 is 1.81 bits per heavy atom. The molecule has 6 heterocycles. The van der Waals surface area contributed by atoms with Crippen LogP contribution < -0.4 is 4.74 Å². The number of ether oxygens (including phenoxy) is 1. The van der Waals surface area contributed by atoms with Crippen LogP contribution in [0.3, 0.4) is 0 Å². The minimum atomic E-state index is 0.285. The summed E-state index contributed by atoms with van der Waals surface area (Å²) in [6, 6.07) is 10.4. The number of hydrogen-bond acceptors (Lipinski definition) is 6. The lowest BCUT2D eigenvalue weighted by Crippen LogP contribution is -2.19. The van der Waals surface area contributed by atoms with Gasteiger partial charge in [0.1, 0.15) is 5.75 Å². The van der Waals surface area contributed by atoms with Crippen molar-refractivity contribution in [1.82, 2.24) is 30.1 Å². The second kappa shape index (κ2) is 8.87. The number of H-pyrrole nitrogens is 2. The van der Waals surface area contributed by atoms with Gasteiger partial charge in [-0.15, -0.1) is 0 Å². The summed E-state index contributed by atoms with van der Waals surface area (Å²) in [5.74, 6) is 0.816. The highest BCUT2D eigenvalue weighted by Gasteiger charge is 2.17. The smallest absolute Gasteiger partial charge is 0.181 e. The van der Waals surface area contributed by atoms with Gasteiger partial charge in [0.2, 0.25) is 0 Å². The molecule has 178 valence electrons. The fourth-order valence-electron chi connectivity index (χ4n) is 5.10. The van der Waals surface area contributed by atoms with E-state index in [0.29, 0.717) is 5.65 Å². The largest absolute Gasteiger partial charge is 0.489 e. The van der Waals surface area contributed by atoms with Crippen LogP contribution in [0, 0.1) is 0 Å². The van der Waals surface area contributed by atoms with Crippen molar-refractivity contribution in [3.63, 3.8) is 0 Å². The molecule has 0 aliphatic heterocycles. The molecule has 0 saturated heterocycles. The topological polar surface area (TPSA) is 92.4 Å². The van der Waals surface area contributed by atoms with Crippen molar-refractivity contribution in [2.75, 3.05) is 0 Å². The first-order chi connectivity index (χ1) is 17.8. The van der Waals surface area contributed by atoms with Gasteiger partial charge in [0, 0.05) is 57.0 Å². The van der Waals surface area contributed by atoms with Crippen molar-refractivity contribution in [2.24, 2.45) is 0 Å². The molecule has 2 N–H and O–H groups in total. The molecule has 0 amide bonds. The summed E-state index contributed by atoms with van der Waals surface area (Å²) < 4.78 is 6.25. The van der Waals surface area contributed by atoms with E-state index in [9.17, 15) is 0 Å². The minimum Gasteiger partial charge on any atom is -0.489 e. The highest BCUT2D eigenvalue weighted by molar-refractivity contribution is 7.08. The lowest BCUT2D eigenvalue weighted by Gasteiger charge is -2.23. The van der Waals surface area contributed by atoms with Crippen molar-refractivity contribution in [3.8, 4) is 39.5 Å². The number of aromatic nitrogens is 6. The highest BCUT2D eigenvalue weighted by Crippen LogP contribution is 2.35. The predicted octanol–water partition coefficient (Wildman–Crippen LogP) is 7.00. The maximum absolute atomic E-state index is 6.25. The molecular formula is C28H24N6OS. The third-order valence-corrected chi connectivity index (χ3v) is 7.61. The first-order valence-corrected chi connectivity index (χ1v) is 13.2. The summed E-state index contributed by atoms with van der Waals surface area (Å²) in [6.07, 6.45) is 13.6. The third-order valence-electron chi connectivity index (χ3n) is 6.92. The van der Waals surface area contributed by atoms with Gasteiger partial charge in [-0.1, -0.05) is 6.42 Å². The van der Waals surface area contributed by atoms with E-state index in [2.05, 4.69) is 65.2 Å². The van der Waals surface area contributed by atoms with E-state index in [1.54, 1.807) is 17.5 Å². The van der Waals surface area contributed by atoms with Crippen LogP contribution in [0.5, 0.6) is 5.75 Å². The molecule has 6 aromatic heterocycles. The molecular weight excluding hydrogens is 468 g/mol. The molecule has 1 saturated carbocycles. The number of hydrogen-bond donors (Lipinski definition) is 2. The second-order valence-corrected chi connectivity index (χ2v) is 10.1. The fourth-order valence-corrected chi connectivity index (χ4v) is 5.74. The maximum Gasteiger partial charge on any atom is 0.181 e.